The summed E-state index contributed by atoms with van der Waals surface area (Å²) < 4.78 is 22.1. The lowest BCUT2D eigenvalue weighted by Gasteiger charge is -2.25. The minimum absolute atomic E-state index is 0.0392. The first-order valence-electron chi connectivity index (χ1n) is 9.30. The van der Waals surface area contributed by atoms with Gasteiger partial charge in [-0.05, 0) is 30.3 Å². The van der Waals surface area contributed by atoms with E-state index in [2.05, 4.69) is 15.8 Å². The molecule has 2 heterocycles. The van der Waals surface area contributed by atoms with Gasteiger partial charge in [-0.15, -0.1) is 11.3 Å². The number of nitrogens with one attached hydrogen (secondary N) is 2. The Labute approximate surface area is 181 Å². The number of hydrazine groups is 1. The average molecular weight is 441 g/mol. The molecule has 1 atom stereocenters. The van der Waals surface area contributed by atoms with Gasteiger partial charge < -0.3 is 18.9 Å². The van der Waals surface area contributed by atoms with Crippen molar-refractivity contribution < 1.29 is 28.5 Å². The molecule has 0 bridgehead atoms. The molecule has 0 spiro atoms. The zero-order valence-electron chi connectivity index (χ0n) is 16.5. The Morgan fingerprint density at radius 3 is 2.77 bits per heavy atom. The van der Waals surface area contributed by atoms with Gasteiger partial charge in [-0.1, -0.05) is 12.1 Å². The summed E-state index contributed by atoms with van der Waals surface area (Å²) in [6, 6.07) is 11.8. The highest BCUT2D eigenvalue weighted by Crippen LogP contribution is 2.31. The summed E-state index contributed by atoms with van der Waals surface area (Å²) in [5.41, 5.74) is 7.52. The van der Waals surface area contributed by atoms with Crippen molar-refractivity contribution in [2.75, 3.05) is 13.7 Å². The van der Waals surface area contributed by atoms with Crippen molar-refractivity contribution >= 4 is 23.2 Å². The molecule has 2 amide bonds. The van der Waals surface area contributed by atoms with Crippen LogP contribution in [0.4, 0.5) is 0 Å². The molecule has 9 nitrogen and oxygen atoms in total. The molecule has 0 radical (unpaired) electrons. The van der Waals surface area contributed by atoms with Crippen molar-refractivity contribution in [3.63, 3.8) is 0 Å². The predicted octanol–water partition coefficient (Wildman–Crippen LogP) is 2.33. The maximum absolute atomic E-state index is 12.5. The topological polar surface area (TPSA) is 108 Å². The van der Waals surface area contributed by atoms with Gasteiger partial charge in [0.15, 0.2) is 23.0 Å². The number of aromatic nitrogens is 1. The first-order chi connectivity index (χ1) is 15.1. The van der Waals surface area contributed by atoms with E-state index in [1.165, 1.54) is 24.5 Å². The number of hydrogen-bond donors (Lipinski definition) is 2. The second-order valence-electron chi connectivity index (χ2n) is 6.44. The number of ether oxygens (including phenoxy) is 4. The van der Waals surface area contributed by atoms with Gasteiger partial charge in [0.25, 0.3) is 11.8 Å². The second kappa shape index (κ2) is 9.35. The molecular formula is C21H19N3O6S. The van der Waals surface area contributed by atoms with E-state index < -0.39 is 17.9 Å². The first kappa shape index (κ1) is 20.5. The van der Waals surface area contributed by atoms with E-state index in [1.807, 2.05) is 11.4 Å². The molecule has 1 unspecified atom stereocenters. The number of methoxy groups -OCH3 is 1. The monoisotopic (exact) mass is 441 g/mol. The van der Waals surface area contributed by atoms with E-state index in [1.54, 1.807) is 35.8 Å². The van der Waals surface area contributed by atoms with Gasteiger partial charge in [-0.3, -0.25) is 20.4 Å². The first-order valence-corrected chi connectivity index (χ1v) is 10.2. The molecule has 4 rings (SSSR count). The summed E-state index contributed by atoms with van der Waals surface area (Å²) in [6.45, 7) is 0.325. The summed E-state index contributed by atoms with van der Waals surface area (Å²) in [5.74, 6) is 0.850. The normalized spacial score (nSPS) is 14.4. The van der Waals surface area contributed by atoms with Crippen LogP contribution in [0.15, 0.2) is 53.4 Å². The molecule has 2 N–H and O–H groups in total. The summed E-state index contributed by atoms with van der Waals surface area (Å²) in [4.78, 5) is 28.9. The number of hydrogen-bond acceptors (Lipinski definition) is 8. The van der Waals surface area contributed by atoms with Crippen molar-refractivity contribution in [1.82, 2.24) is 15.8 Å². The Hall–Kier alpha value is -3.79. The Bertz CT molecular complexity index is 1070. The second-order valence-corrected chi connectivity index (χ2v) is 7.16. The average Bonchev–Trinajstić information content (AvgIpc) is 3.34. The van der Waals surface area contributed by atoms with E-state index in [9.17, 15) is 9.59 Å². The summed E-state index contributed by atoms with van der Waals surface area (Å²) >= 11 is 1.48. The fourth-order valence-electron chi connectivity index (χ4n) is 2.81. The molecule has 0 saturated heterocycles. The van der Waals surface area contributed by atoms with Gasteiger partial charge in [-0.2, -0.15) is 0 Å². The van der Waals surface area contributed by atoms with Crippen molar-refractivity contribution in [1.29, 1.82) is 0 Å². The summed E-state index contributed by atoms with van der Waals surface area (Å²) in [7, 11) is 1.48. The van der Waals surface area contributed by atoms with Crippen LogP contribution in [0.1, 0.15) is 16.1 Å². The third-order valence-corrected chi connectivity index (χ3v) is 5.02. The smallest absolute Gasteiger partial charge is 0.283 e. The molecule has 1 aliphatic heterocycles. The van der Waals surface area contributed by atoms with Gasteiger partial charge in [-0.25, -0.2) is 4.98 Å². The maximum Gasteiger partial charge on any atom is 0.283 e. The van der Waals surface area contributed by atoms with E-state index in [4.69, 9.17) is 18.9 Å². The standard InChI is InChI=1S/C21H19N3O6S/c1-27-18-8-13(6-7-16(18)28-9-14-11-31-12-22-14)20(25)23-24-21(26)19-10-29-15-4-2-3-5-17(15)30-19/h2-8,11-12,19H,9-10H2,1H3,(H,23,25)(H,24,26). The minimum Gasteiger partial charge on any atom is -0.493 e. The van der Waals surface area contributed by atoms with E-state index in [0.29, 0.717) is 23.0 Å². The Balaban J connectivity index is 1.33. The predicted molar refractivity (Wildman–Crippen MR) is 111 cm³/mol. The Morgan fingerprint density at radius 1 is 1.16 bits per heavy atom. The highest BCUT2D eigenvalue weighted by atomic mass is 32.1. The maximum atomic E-state index is 12.5. The fourth-order valence-corrected chi connectivity index (χ4v) is 3.35. The molecule has 10 heteroatoms. The molecule has 0 aliphatic carbocycles. The molecule has 160 valence electrons. The molecule has 3 aromatic rings. The quantitative estimate of drug-likeness (QED) is 0.565. The van der Waals surface area contributed by atoms with Gasteiger partial charge in [0.05, 0.1) is 18.3 Å². The Morgan fingerprint density at radius 2 is 2.00 bits per heavy atom. The minimum atomic E-state index is -0.883. The number of amides is 2. The molecule has 1 aliphatic rings. The molecule has 2 aromatic carbocycles. The SMILES string of the molecule is COc1cc(C(=O)NNC(=O)C2COc3ccccc3O2)ccc1OCc1cscn1. The van der Waals surface area contributed by atoms with Crippen LogP contribution in [-0.4, -0.2) is 36.6 Å². The van der Waals surface area contributed by atoms with Crippen LogP contribution >= 0.6 is 11.3 Å². The molecule has 0 fully saturated rings. The summed E-state index contributed by atoms with van der Waals surface area (Å²) in [5, 5.41) is 1.89. The zero-order valence-corrected chi connectivity index (χ0v) is 17.3. The zero-order chi connectivity index (χ0) is 21.6. The third-order valence-electron chi connectivity index (χ3n) is 4.39. The molecule has 31 heavy (non-hydrogen) atoms. The number of para-hydroxylation sites is 2. The van der Waals surface area contributed by atoms with Crippen LogP contribution in [0, 0.1) is 0 Å². The third kappa shape index (κ3) is 4.86. The Kier molecular flexibility index (Phi) is 6.18. The van der Waals surface area contributed by atoms with Gasteiger partial charge >= 0.3 is 0 Å². The number of benzene rings is 2. The fraction of sp³-hybridized carbons (Fsp3) is 0.190. The molecule has 1 aromatic heterocycles. The lowest BCUT2D eigenvalue weighted by atomic mass is 10.2. The lowest BCUT2D eigenvalue weighted by molar-refractivity contribution is -0.131. The summed E-state index contributed by atoms with van der Waals surface area (Å²) in [6.07, 6.45) is -0.883. The van der Waals surface area contributed by atoms with Crippen LogP contribution in [0.25, 0.3) is 0 Å². The largest absolute Gasteiger partial charge is 0.493 e. The highest BCUT2D eigenvalue weighted by molar-refractivity contribution is 7.07. The van der Waals surface area contributed by atoms with Gasteiger partial charge in [0, 0.05) is 10.9 Å². The van der Waals surface area contributed by atoms with Gasteiger partial charge in [0.2, 0.25) is 6.10 Å². The van der Waals surface area contributed by atoms with Crippen LogP contribution in [0.5, 0.6) is 23.0 Å². The van der Waals surface area contributed by atoms with Crippen molar-refractivity contribution in [2.45, 2.75) is 12.7 Å². The number of rotatable bonds is 6. The van der Waals surface area contributed by atoms with Crippen LogP contribution in [0.3, 0.4) is 0 Å². The molecule has 0 saturated carbocycles. The van der Waals surface area contributed by atoms with Crippen molar-refractivity contribution in [3.8, 4) is 23.0 Å². The number of thiazole rings is 1. The number of carbonyl (C=O) groups is 2. The van der Waals surface area contributed by atoms with Crippen molar-refractivity contribution in [3.05, 3.63) is 64.6 Å². The van der Waals surface area contributed by atoms with Crippen molar-refractivity contribution in [2.24, 2.45) is 0 Å². The highest BCUT2D eigenvalue weighted by Gasteiger charge is 2.27. The number of fused-ring (bicyclic) bond motifs is 1. The number of nitrogens with zero attached hydrogens (tertiary/aromatic N) is 1. The van der Waals surface area contributed by atoms with E-state index in [0.717, 1.165) is 5.69 Å². The van der Waals surface area contributed by atoms with E-state index in [-0.39, 0.29) is 18.8 Å². The van der Waals surface area contributed by atoms with Gasteiger partial charge in [0.1, 0.15) is 13.2 Å². The van der Waals surface area contributed by atoms with Crippen LogP contribution < -0.4 is 29.8 Å². The van der Waals surface area contributed by atoms with E-state index >= 15 is 0 Å². The number of carbonyl (C=O) groups excluding carboxylic acids is 2. The van der Waals surface area contributed by atoms with Crippen LogP contribution in [-0.2, 0) is 11.4 Å². The molecular weight excluding hydrogens is 422 g/mol. The van der Waals surface area contributed by atoms with Crippen LogP contribution in [0.2, 0.25) is 0 Å². The lowest BCUT2D eigenvalue weighted by Crippen LogP contribution is -2.50.